The molecule has 1 N–H and O–H groups in total. The molecule has 0 aromatic heterocycles. The summed E-state index contributed by atoms with van der Waals surface area (Å²) in [6.45, 7) is 4.17. The minimum Gasteiger partial charge on any atom is -0.320 e. The Morgan fingerprint density at radius 3 is 2.50 bits per heavy atom. The van der Waals surface area contributed by atoms with E-state index in [-0.39, 0.29) is 12.4 Å². The molecule has 1 saturated heterocycles. The van der Waals surface area contributed by atoms with Gasteiger partial charge < -0.3 is 5.32 Å². The molecule has 2 rings (SSSR count). The molecule has 22 heavy (non-hydrogen) atoms. The van der Waals surface area contributed by atoms with Crippen LogP contribution in [0.1, 0.15) is 24.8 Å². The van der Waals surface area contributed by atoms with Crippen LogP contribution in [0, 0.1) is 12.8 Å². The SMILES string of the molecule is CNCCC1CCN(S(=O)(=O)c2ccc(Br)c(C)c2)CC1.Cl. The third-order valence-corrected chi connectivity index (χ3v) is 6.93. The van der Waals surface area contributed by atoms with Gasteiger partial charge in [0.25, 0.3) is 0 Å². The number of piperidine rings is 1. The summed E-state index contributed by atoms with van der Waals surface area (Å²) < 4.78 is 27.9. The smallest absolute Gasteiger partial charge is 0.243 e. The van der Waals surface area contributed by atoms with Crippen molar-refractivity contribution in [1.82, 2.24) is 9.62 Å². The van der Waals surface area contributed by atoms with E-state index < -0.39 is 10.0 Å². The molecule has 1 aromatic rings. The molecule has 0 radical (unpaired) electrons. The molecule has 1 fully saturated rings. The van der Waals surface area contributed by atoms with Crippen molar-refractivity contribution in [2.24, 2.45) is 5.92 Å². The summed E-state index contributed by atoms with van der Waals surface area (Å²) in [6, 6.07) is 5.23. The Bertz CT molecular complexity index is 587. The molecule has 0 saturated carbocycles. The molecule has 0 bridgehead atoms. The van der Waals surface area contributed by atoms with Crippen LogP contribution in [0.15, 0.2) is 27.6 Å². The van der Waals surface area contributed by atoms with E-state index in [0.717, 1.165) is 35.8 Å². The Labute approximate surface area is 148 Å². The first-order valence-corrected chi connectivity index (χ1v) is 9.59. The lowest BCUT2D eigenvalue weighted by atomic mass is 9.95. The first kappa shape index (κ1) is 19.9. The molecular weight excluding hydrogens is 388 g/mol. The number of aryl methyl sites for hydroxylation is 1. The normalized spacial score (nSPS) is 17.2. The second kappa shape index (κ2) is 8.64. The maximum atomic E-state index is 12.7. The van der Waals surface area contributed by atoms with E-state index in [1.54, 1.807) is 16.4 Å². The standard InChI is InChI=1S/C15H23BrN2O2S.ClH/c1-12-11-14(3-4-15(12)16)21(19,20)18-9-6-13(7-10-18)5-8-17-2;/h3-4,11,13,17H,5-10H2,1-2H3;1H. The Hall–Kier alpha value is -0.140. The summed E-state index contributed by atoms with van der Waals surface area (Å²) in [5.74, 6) is 0.635. The van der Waals surface area contributed by atoms with Gasteiger partial charge in [0.2, 0.25) is 10.0 Å². The zero-order chi connectivity index (χ0) is 15.5. The second-order valence-corrected chi connectivity index (χ2v) is 8.44. The van der Waals surface area contributed by atoms with Gasteiger partial charge in [-0.2, -0.15) is 4.31 Å². The van der Waals surface area contributed by atoms with Gasteiger partial charge in [-0.05, 0) is 69.5 Å². The molecule has 1 aliphatic rings. The molecule has 0 amide bonds. The van der Waals surface area contributed by atoms with Crippen molar-refractivity contribution >= 4 is 38.4 Å². The average molecular weight is 412 g/mol. The zero-order valence-electron chi connectivity index (χ0n) is 13.0. The summed E-state index contributed by atoms with van der Waals surface area (Å²) in [5, 5.41) is 3.16. The van der Waals surface area contributed by atoms with Gasteiger partial charge in [0.1, 0.15) is 0 Å². The predicted octanol–water partition coefficient (Wildman–Crippen LogP) is 3.19. The monoisotopic (exact) mass is 410 g/mol. The largest absolute Gasteiger partial charge is 0.320 e. The molecule has 1 aromatic carbocycles. The molecule has 1 aliphatic heterocycles. The lowest BCUT2D eigenvalue weighted by molar-refractivity contribution is 0.263. The van der Waals surface area contributed by atoms with E-state index >= 15 is 0 Å². The van der Waals surface area contributed by atoms with Crippen molar-refractivity contribution in [3.8, 4) is 0 Å². The lowest BCUT2D eigenvalue weighted by Gasteiger charge is -2.31. The molecule has 1 heterocycles. The van der Waals surface area contributed by atoms with Crippen LogP contribution in [0.3, 0.4) is 0 Å². The number of rotatable bonds is 5. The van der Waals surface area contributed by atoms with Crippen LogP contribution in [0.4, 0.5) is 0 Å². The summed E-state index contributed by atoms with van der Waals surface area (Å²) in [6.07, 6.45) is 3.04. The minimum atomic E-state index is -3.35. The highest BCUT2D eigenvalue weighted by molar-refractivity contribution is 9.10. The van der Waals surface area contributed by atoms with Gasteiger partial charge in [0.05, 0.1) is 4.90 Å². The first-order chi connectivity index (χ1) is 9.95. The van der Waals surface area contributed by atoms with E-state index in [1.165, 1.54) is 0 Å². The average Bonchev–Trinajstić information content (AvgIpc) is 2.48. The quantitative estimate of drug-likeness (QED) is 0.809. The highest BCUT2D eigenvalue weighted by Gasteiger charge is 2.29. The van der Waals surface area contributed by atoms with Gasteiger partial charge >= 0.3 is 0 Å². The van der Waals surface area contributed by atoms with Crippen LogP contribution in [0.2, 0.25) is 0 Å². The molecule has 126 valence electrons. The summed E-state index contributed by atoms with van der Waals surface area (Å²) in [4.78, 5) is 0.400. The number of sulfonamides is 1. The van der Waals surface area contributed by atoms with Gasteiger partial charge in [-0.25, -0.2) is 8.42 Å². The number of nitrogens with zero attached hydrogens (tertiary/aromatic N) is 1. The van der Waals surface area contributed by atoms with Gasteiger partial charge in [0, 0.05) is 17.6 Å². The molecular formula is C15H24BrClN2O2S. The Morgan fingerprint density at radius 2 is 1.95 bits per heavy atom. The Balaban J connectivity index is 0.00000242. The van der Waals surface area contributed by atoms with Gasteiger partial charge in [-0.3, -0.25) is 0 Å². The minimum absolute atomic E-state index is 0. The van der Waals surface area contributed by atoms with Crippen molar-refractivity contribution in [3.05, 3.63) is 28.2 Å². The maximum absolute atomic E-state index is 12.7. The maximum Gasteiger partial charge on any atom is 0.243 e. The van der Waals surface area contributed by atoms with E-state index in [9.17, 15) is 8.42 Å². The fourth-order valence-electron chi connectivity index (χ4n) is 2.71. The van der Waals surface area contributed by atoms with Crippen LogP contribution in [-0.4, -0.2) is 39.4 Å². The van der Waals surface area contributed by atoms with E-state index in [0.29, 0.717) is 23.9 Å². The summed E-state index contributed by atoms with van der Waals surface area (Å²) in [7, 11) is -1.39. The Morgan fingerprint density at radius 1 is 1.32 bits per heavy atom. The highest BCUT2D eigenvalue weighted by atomic mass is 79.9. The second-order valence-electron chi connectivity index (χ2n) is 5.65. The summed E-state index contributed by atoms with van der Waals surface area (Å²) in [5.41, 5.74) is 0.944. The number of nitrogens with one attached hydrogen (secondary N) is 1. The van der Waals surface area contributed by atoms with Crippen molar-refractivity contribution in [2.45, 2.75) is 31.1 Å². The van der Waals surface area contributed by atoms with Crippen molar-refractivity contribution < 1.29 is 8.42 Å². The van der Waals surface area contributed by atoms with E-state index in [4.69, 9.17) is 0 Å². The van der Waals surface area contributed by atoms with Gasteiger partial charge in [0.15, 0.2) is 0 Å². The van der Waals surface area contributed by atoms with E-state index in [2.05, 4.69) is 21.2 Å². The molecule has 7 heteroatoms. The molecule has 0 atom stereocenters. The Kier molecular flexibility index (Phi) is 7.82. The van der Waals surface area contributed by atoms with E-state index in [1.807, 2.05) is 20.0 Å². The predicted molar refractivity (Wildman–Crippen MR) is 96.2 cm³/mol. The number of hydrogen-bond donors (Lipinski definition) is 1. The molecule has 0 unspecified atom stereocenters. The lowest BCUT2D eigenvalue weighted by Crippen LogP contribution is -2.38. The fourth-order valence-corrected chi connectivity index (χ4v) is 4.52. The third kappa shape index (κ3) is 4.68. The number of hydrogen-bond acceptors (Lipinski definition) is 3. The fraction of sp³-hybridized carbons (Fsp3) is 0.600. The topological polar surface area (TPSA) is 49.4 Å². The van der Waals surface area contributed by atoms with Crippen molar-refractivity contribution in [3.63, 3.8) is 0 Å². The van der Waals surface area contributed by atoms with Crippen LogP contribution in [-0.2, 0) is 10.0 Å². The number of benzene rings is 1. The van der Waals surface area contributed by atoms with Crippen molar-refractivity contribution in [2.75, 3.05) is 26.7 Å². The van der Waals surface area contributed by atoms with Crippen LogP contribution in [0.5, 0.6) is 0 Å². The summed E-state index contributed by atoms with van der Waals surface area (Å²) >= 11 is 3.41. The molecule has 0 spiro atoms. The van der Waals surface area contributed by atoms with Crippen LogP contribution >= 0.6 is 28.3 Å². The van der Waals surface area contributed by atoms with Crippen LogP contribution < -0.4 is 5.32 Å². The zero-order valence-corrected chi connectivity index (χ0v) is 16.2. The first-order valence-electron chi connectivity index (χ1n) is 7.36. The highest BCUT2D eigenvalue weighted by Crippen LogP contribution is 2.27. The third-order valence-electron chi connectivity index (χ3n) is 4.14. The van der Waals surface area contributed by atoms with Gasteiger partial charge in [-0.15, -0.1) is 12.4 Å². The van der Waals surface area contributed by atoms with Crippen LogP contribution in [0.25, 0.3) is 0 Å². The van der Waals surface area contributed by atoms with Crippen molar-refractivity contribution in [1.29, 1.82) is 0 Å². The van der Waals surface area contributed by atoms with Gasteiger partial charge in [-0.1, -0.05) is 15.9 Å². The molecule has 4 nitrogen and oxygen atoms in total. The molecule has 0 aliphatic carbocycles. The number of halogens is 2.